The number of hydrogen-bond acceptors (Lipinski definition) is 2. The van der Waals surface area contributed by atoms with Crippen LogP contribution in [-0.2, 0) is 0 Å². The Morgan fingerprint density at radius 2 is 2.00 bits per heavy atom. The molecule has 0 aliphatic heterocycles. The molecule has 2 heteroatoms. The van der Waals surface area contributed by atoms with E-state index < -0.39 is 0 Å². The van der Waals surface area contributed by atoms with Gasteiger partial charge in [0.05, 0.1) is 0 Å². The molecule has 1 aliphatic rings. The van der Waals surface area contributed by atoms with Crippen LogP contribution in [0, 0.1) is 0 Å². The molecule has 0 amide bonds. The number of hydrogen-bond donors (Lipinski definition) is 1. The molecule has 2 N–H and O–H groups in total. The molecule has 0 saturated heterocycles. The van der Waals surface area contributed by atoms with Crippen molar-refractivity contribution in [3.63, 3.8) is 0 Å². The standard InChI is InChI=1S/C8H18N2/c1-7(2)10(3)8(6-9)4-5-8/h7H,4-6,9H2,1-3H3. The van der Waals surface area contributed by atoms with Crippen molar-refractivity contribution in [3.8, 4) is 0 Å². The van der Waals surface area contributed by atoms with E-state index in [4.69, 9.17) is 5.73 Å². The number of likely N-dealkylation sites (N-methyl/N-ethyl adjacent to an activating group) is 1. The average molecular weight is 142 g/mol. The van der Waals surface area contributed by atoms with Crippen LogP contribution in [0.4, 0.5) is 0 Å². The molecule has 0 bridgehead atoms. The van der Waals surface area contributed by atoms with Crippen LogP contribution in [0.2, 0.25) is 0 Å². The van der Waals surface area contributed by atoms with E-state index in [9.17, 15) is 0 Å². The van der Waals surface area contributed by atoms with Gasteiger partial charge in [-0.2, -0.15) is 0 Å². The second kappa shape index (κ2) is 2.51. The van der Waals surface area contributed by atoms with Gasteiger partial charge in [0, 0.05) is 18.1 Å². The SMILES string of the molecule is CC(C)N(C)C1(CN)CC1. The summed E-state index contributed by atoms with van der Waals surface area (Å²) in [6, 6.07) is 0.631. The maximum absolute atomic E-state index is 5.67. The Morgan fingerprint density at radius 1 is 1.50 bits per heavy atom. The molecule has 0 unspecified atom stereocenters. The second-order valence-corrected chi connectivity index (χ2v) is 3.63. The molecule has 1 aliphatic carbocycles. The van der Waals surface area contributed by atoms with Crippen LogP contribution in [0.3, 0.4) is 0 Å². The van der Waals surface area contributed by atoms with Crippen LogP contribution in [0.5, 0.6) is 0 Å². The molecular formula is C8H18N2. The van der Waals surface area contributed by atoms with E-state index in [1.54, 1.807) is 0 Å². The largest absolute Gasteiger partial charge is 0.329 e. The summed E-state index contributed by atoms with van der Waals surface area (Å²) in [6.07, 6.45) is 2.58. The highest BCUT2D eigenvalue weighted by Gasteiger charge is 2.45. The smallest absolute Gasteiger partial charge is 0.0332 e. The summed E-state index contributed by atoms with van der Waals surface area (Å²) in [7, 11) is 2.17. The van der Waals surface area contributed by atoms with Crippen molar-refractivity contribution in [1.82, 2.24) is 4.90 Å². The Morgan fingerprint density at radius 3 is 2.10 bits per heavy atom. The molecule has 10 heavy (non-hydrogen) atoms. The first-order chi connectivity index (χ1) is 4.62. The van der Waals surface area contributed by atoms with Crippen LogP contribution in [0.15, 0.2) is 0 Å². The van der Waals surface area contributed by atoms with E-state index in [1.165, 1.54) is 12.8 Å². The first-order valence-electron chi connectivity index (χ1n) is 4.05. The lowest BCUT2D eigenvalue weighted by Crippen LogP contribution is -2.43. The highest BCUT2D eigenvalue weighted by Crippen LogP contribution is 2.40. The summed E-state index contributed by atoms with van der Waals surface area (Å²) in [5.74, 6) is 0. The molecule has 0 aromatic heterocycles. The van der Waals surface area contributed by atoms with Crippen molar-refractivity contribution < 1.29 is 0 Å². The lowest BCUT2D eigenvalue weighted by atomic mass is 10.2. The fourth-order valence-electron chi connectivity index (χ4n) is 1.39. The molecule has 0 heterocycles. The van der Waals surface area contributed by atoms with Crippen molar-refractivity contribution in [2.45, 2.75) is 38.3 Å². The molecule has 0 atom stereocenters. The monoisotopic (exact) mass is 142 g/mol. The molecule has 0 aromatic rings. The van der Waals surface area contributed by atoms with Gasteiger partial charge in [0.2, 0.25) is 0 Å². The molecule has 0 spiro atoms. The zero-order valence-electron chi connectivity index (χ0n) is 7.22. The van der Waals surface area contributed by atoms with E-state index in [1.807, 2.05) is 0 Å². The van der Waals surface area contributed by atoms with Gasteiger partial charge < -0.3 is 5.73 Å². The third-order valence-corrected chi connectivity index (χ3v) is 2.73. The number of nitrogens with two attached hydrogens (primary N) is 1. The van der Waals surface area contributed by atoms with Gasteiger partial charge in [-0.05, 0) is 33.7 Å². The van der Waals surface area contributed by atoms with Crippen LogP contribution >= 0.6 is 0 Å². The zero-order chi connectivity index (χ0) is 7.78. The van der Waals surface area contributed by atoms with Crippen molar-refractivity contribution >= 4 is 0 Å². The molecule has 2 nitrogen and oxygen atoms in total. The average Bonchev–Trinajstić information content (AvgIpc) is 2.66. The zero-order valence-corrected chi connectivity index (χ0v) is 7.22. The van der Waals surface area contributed by atoms with Crippen LogP contribution < -0.4 is 5.73 Å². The number of rotatable bonds is 3. The van der Waals surface area contributed by atoms with E-state index in [-0.39, 0.29) is 0 Å². The predicted molar refractivity (Wildman–Crippen MR) is 43.9 cm³/mol. The lowest BCUT2D eigenvalue weighted by molar-refractivity contribution is 0.181. The summed E-state index contributed by atoms with van der Waals surface area (Å²) < 4.78 is 0. The van der Waals surface area contributed by atoms with Crippen LogP contribution in [-0.4, -0.2) is 30.1 Å². The van der Waals surface area contributed by atoms with Gasteiger partial charge in [-0.15, -0.1) is 0 Å². The van der Waals surface area contributed by atoms with E-state index >= 15 is 0 Å². The lowest BCUT2D eigenvalue weighted by Gasteiger charge is -2.30. The highest BCUT2D eigenvalue weighted by molar-refractivity contribution is 5.04. The topological polar surface area (TPSA) is 29.3 Å². The number of nitrogens with zero attached hydrogens (tertiary/aromatic N) is 1. The van der Waals surface area contributed by atoms with Gasteiger partial charge >= 0.3 is 0 Å². The van der Waals surface area contributed by atoms with Gasteiger partial charge in [-0.3, -0.25) is 4.90 Å². The first kappa shape index (κ1) is 8.02. The van der Waals surface area contributed by atoms with Gasteiger partial charge in [0.1, 0.15) is 0 Å². The Labute approximate surface area is 63.4 Å². The molecule has 0 aromatic carbocycles. The van der Waals surface area contributed by atoms with E-state index in [0.717, 1.165) is 6.54 Å². The summed E-state index contributed by atoms with van der Waals surface area (Å²) in [6.45, 7) is 5.26. The van der Waals surface area contributed by atoms with Gasteiger partial charge in [0.25, 0.3) is 0 Å². The van der Waals surface area contributed by atoms with Gasteiger partial charge in [0.15, 0.2) is 0 Å². The molecular weight excluding hydrogens is 124 g/mol. The second-order valence-electron chi connectivity index (χ2n) is 3.63. The summed E-state index contributed by atoms with van der Waals surface area (Å²) >= 11 is 0. The van der Waals surface area contributed by atoms with Crippen LogP contribution in [0.25, 0.3) is 0 Å². The minimum atomic E-state index is 0.383. The first-order valence-corrected chi connectivity index (χ1v) is 4.05. The Kier molecular flexibility index (Phi) is 2.02. The maximum atomic E-state index is 5.67. The summed E-state index contributed by atoms with van der Waals surface area (Å²) in [5, 5.41) is 0. The van der Waals surface area contributed by atoms with Crippen LogP contribution in [0.1, 0.15) is 26.7 Å². The molecule has 1 rings (SSSR count). The summed E-state index contributed by atoms with van der Waals surface area (Å²) in [4.78, 5) is 2.40. The maximum Gasteiger partial charge on any atom is 0.0332 e. The molecule has 1 saturated carbocycles. The summed E-state index contributed by atoms with van der Waals surface area (Å²) in [5.41, 5.74) is 6.05. The third kappa shape index (κ3) is 1.18. The van der Waals surface area contributed by atoms with Crippen molar-refractivity contribution in [1.29, 1.82) is 0 Å². The van der Waals surface area contributed by atoms with E-state index in [0.29, 0.717) is 11.6 Å². The van der Waals surface area contributed by atoms with Gasteiger partial charge in [-0.25, -0.2) is 0 Å². The fraction of sp³-hybridized carbons (Fsp3) is 1.00. The Balaban J connectivity index is 2.47. The Bertz CT molecular complexity index is 116. The quantitative estimate of drug-likeness (QED) is 0.632. The molecule has 1 fully saturated rings. The highest BCUT2D eigenvalue weighted by atomic mass is 15.2. The molecule has 0 radical (unpaired) electrons. The van der Waals surface area contributed by atoms with E-state index in [2.05, 4.69) is 25.8 Å². The van der Waals surface area contributed by atoms with Crippen molar-refractivity contribution in [2.75, 3.05) is 13.6 Å². The predicted octanol–water partition coefficient (Wildman–Crippen LogP) is 0.818. The normalized spacial score (nSPS) is 22.2. The van der Waals surface area contributed by atoms with Crippen molar-refractivity contribution in [2.24, 2.45) is 5.73 Å². The van der Waals surface area contributed by atoms with Crippen molar-refractivity contribution in [3.05, 3.63) is 0 Å². The molecule has 60 valence electrons. The minimum Gasteiger partial charge on any atom is -0.329 e. The fourth-order valence-corrected chi connectivity index (χ4v) is 1.39. The third-order valence-electron chi connectivity index (χ3n) is 2.73. The Hall–Kier alpha value is -0.0800. The van der Waals surface area contributed by atoms with Gasteiger partial charge in [-0.1, -0.05) is 0 Å². The minimum absolute atomic E-state index is 0.383.